The second kappa shape index (κ2) is 5.13. The molecule has 0 aromatic rings. The van der Waals surface area contributed by atoms with Crippen LogP contribution in [0, 0.1) is 17.8 Å². The average Bonchev–Trinajstić information content (AvgIpc) is 2.62. The standard InChI is InChI=1S/C20H24O3/c1-10(2)13-7-6-11(3)16-14(13)8-12(4)18(21)15-9-20(5,23)19(22)17(15)16/h8,13-14,16,23H,1,3,6-7,9H2,2,4-5H3/t13-,14-,16-,20-/m1/s1. The molecule has 0 amide bonds. The van der Waals surface area contributed by atoms with Crippen LogP contribution in [-0.2, 0) is 9.59 Å². The van der Waals surface area contributed by atoms with Crippen molar-refractivity contribution >= 4 is 11.6 Å². The molecule has 0 spiro atoms. The predicted molar refractivity (Wildman–Crippen MR) is 89.7 cm³/mol. The second-order valence-electron chi connectivity index (χ2n) is 7.56. The number of ketones is 2. The van der Waals surface area contributed by atoms with Gasteiger partial charge in [0.25, 0.3) is 0 Å². The molecule has 3 aliphatic rings. The van der Waals surface area contributed by atoms with Gasteiger partial charge in [-0.25, -0.2) is 0 Å². The molecule has 0 saturated heterocycles. The Labute approximate surface area is 137 Å². The summed E-state index contributed by atoms with van der Waals surface area (Å²) in [6.45, 7) is 13.6. The Kier molecular flexibility index (Phi) is 3.60. The maximum Gasteiger partial charge on any atom is 0.191 e. The monoisotopic (exact) mass is 312 g/mol. The average molecular weight is 312 g/mol. The Morgan fingerprint density at radius 3 is 2.65 bits per heavy atom. The summed E-state index contributed by atoms with van der Waals surface area (Å²) < 4.78 is 0. The van der Waals surface area contributed by atoms with Crippen molar-refractivity contribution in [1.29, 1.82) is 0 Å². The molecule has 0 unspecified atom stereocenters. The van der Waals surface area contributed by atoms with E-state index in [9.17, 15) is 14.7 Å². The number of hydrogen-bond donors (Lipinski definition) is 1. The van der Waals surface area contributed by atoms with Crippen molar-refractivity contribution in [2.45, 2.75) is 45.6 Å². The third-order valence-corrected chi connectivity index (χ3v) is 5.66. The highest BCUT2D eigenvalue weighted by Gasteiger charge is 2.51. The Hall–Kier alpha value is -1.74. The fourth-order valence-corrected chi connectivity index (χ4v) is 4.46. The van der Waals surface area contributed by atoms with Gasteiger partial charge >= 0.3 is 0 Å². The highest BCUT2D eigenvalue weighted by Crippen LogP contribution is 2.51. The summed E-state index contributed by atoms with van der Waals surface area (Å²) in [5, 5.41) is 10.4. The molecule has 23 heavy (non-hydrogen) atoms. The van der Waals surface area contributed by atoms with E-state index in [-0.39, 0.29) is 35.7 Å². The Morgan fingerprint density at radius 2 is 2.04 bits per heavy atom. The van der Waals surface area contributed by atoms with E-state index in [1.54, 1.807) is 6.92 Å². The lowest BCUT2D eigenvalue weighted by Gasteiger charge is -2.39. The van der Waals surface area contributed by atoms with E-state index in [4.69, 9.17) is 0 Å². The zero-order chi connectivity index (χ0) is 17.1. The number of carbonyl (C=O) groups is 2. The van der Waals surface area contributed by atoms with Crippen molar-refractivity contribution in [3.05, 3.63) is 47.1 Å². The third-order valence-electron chi connectivity index (χ3n) is 5.66. The van der Waals surface area contributed by atoms with Gasteiger partial charge in [-0.15, -0.1) is 0 Å². The van der Waals surface area contributed by atoms with Crippen LogP contribution in [0.1, 0.15) is 40.0 Å². The Balaban J connectivity index is 2.21. The van der Waals surface area contributed by atoms with Crippen LogP contribution in [0.2, 0.25) is 0 Å². The first kappa shape index (κ1) is 16.1. The van der Waals surface area contributed by atoms with Crippen LogP contribution in [0.5, 0.6) is 0 Å². The molecule has 3 rings (SSSR count). The van der Waals surface area contributed by atoms with Crippen LogP contribution < -0.4 is 0 Å². The van der Waals surface area contributed by atoms with Crippen molar-refractivity contribution in [1.82, 2.24) is 0 Å². The molecule has 0 aliphatic heterocycles. The fourth-order valence-electron chi connectivity index (χ4n) is 4.46. The number of hydrogen-bond acceptors (Lipinski definition) is 3. The maximum absolute atomic E-state index is 12.8. The van der Waals surface area contributed by atoms with Crippen LogP contribution in [-0.4, -0.2) is 22.3 Å². The molecule has 0 aromatic heterocycles. The molecular formula is C20H24O3. The van der Waals surface area contributed by atoms with Crippen LogP contribution in [0.15, 0.2) is 47.1 Å². The van der Waals surface area contributed by atoms with E-state index in [0.717, 1.165) is 24.0 Å². The van der Waals surface area contributed by atoms with Gasteiger partial charge in [-0.2, -0.15) is 0 Å². The molecule has 0 aromatic carbocycles. The number of rotatable bonds is 1. The van der Waals surface area contributed by atoms with E-state index >= 15 is 0 Å². The maximum atomic E-state index is 12.8. The summed E-state index contributed by atoms with van der Waals surface area (Å²) in [6.07, 6.45) is 3.89. The van der Waals surface area contributed by atoms with Crippen molar-refractivity contribution in [3.8, 4) is 0 Å². The first-order valence-electron chi connectivity index (χ1n) is 8.21. The van der Waals surface area contributed by atoms with Crippen LogP contribution in [0.25, 0.3) is 0 Å². The Bertz CT molecular complexity index is 702. The summed E-state index contributed by atoms with van der Waals surface area (Å²) >= 11 is 0. The lowest BCUT2D eigenvalue weighted by atomic mass is 9.64. The highest BCUT2D eigenvalue weighted by atomic mass is 16.3. The Morgan fingerprint density at radius 1 is 1.39 bits per heavy atom. The summed E-state index contributed by atoms with van der Waals surface area (Å²) in [7, 11) is 0. The van der Waals surface area contributed by atoms with E-state index < -0.39 is 5.60 Å². The quantitative estimate of drug-likeness (QED) is 0.756. The van der Waals surface area contributed by atoms with Crippen LogP contribution in [0.3, 0.4) is 0 Å². The largest absolute Gasteiger partial charge is 0.382 e. The van der Waals surface area contributed by atoms with Gasteiger partial charge in [0, 0.05) is 23.5 Å². The minimum absolute atomic E-state index is 0.0306. The van der Waals surface area contributed by atoms with E-state index in [2.05, 4.69) is 13.2 Å². The summed E-state index contributed by atoms with van der Waals surface area (Å²) in [5.74, 6) is -0.318. The zero-order valence-electron chi connectivity index (χ0n) is 14.1. The van der Waals surface area contributed by atoms with Crippen molar-refractivity contribution in [2.24, 2.45) is 17.8 Å². The van der Waals surface area contributed by atoms with Gasteiger partial charge in [0.2, 0.25) is 0 Å². The van der Waals surface area contributed by atoms with Crippen molar-refractivity contribution in [3.63, 3.8) is 0 Å². The molecule has 1 saturated carbocycles. The zero-order valence-corrected chi connectivity index (χ0v) is 14.1. The summed E-state index contributed by atoms with van der Waals surface area (Å²) in [6, 6.07) is 0. The molecule has 3 heteroatoms. The molecule has 4 atom stereocenters. The van der Waals surface area contributed by atoms with Crippen molar-refractivity contribution < 1.29 is 14.7 Å². The molecule has 1 N–H and O–H groups in total. The van der Waals surface area contributed by atoms with Gasteiger partial charge in [-0.05, 0) is 51.0 Å². The second-order valence-corrected chi connectivity index (χ2v) is 7.56. The molecular weight excluding hydrogens is 288 g/mol. The fraction of sp³-hybridized carbons (Fsp3) is 0.500. The first-order chi connectivity index (χ1) is 10.6. The van der Waals surface area contributed by atoms with Gasteiger partial charge in [-0.1, -0.05) is 30.4 Å². The third kappa shape index (κ3) is 2.29. The smallest absolute Gasteiger partial charge is 0.191 e. The molecule has 3 nitrogen and oxygen atoms in total. The lowest BCUT2D eigenvalue weighted by Crippen LogP contribution is -2.37. The number of allylic oxidation sites excluding steroid dienone is 4. The summed E-state index contributed by atoms with van der Waals surface area (Å²) in [5.41, 5.74) is 2.25. The van der Waals surface area contributed by atoms with E-state index in [0.29, 0.717) is 16.7 Å². The summed E-state index contributed by atoms with van der Waals surface area (Å²) in [4.78, 5) is 25.5. The first-order valence-corrected chi connectivity index (χ1v) is 8.21. The van der Waals surface area contributed by atoms with Gasteiger partial charge in [0.15, 0.2) is 11.6 Å². The van der Waals surface area contributed by atoms with Gasteiger partial charge in [0.05, 0.1) is 0 Å². The highest BCUT2D eigenvalue weighted by molar-refractivity contribution is 6.19. The molecule has 0 heterocycles. The topological polar surface area (TPSA) is 54.4 Å². The predicted octanol–water partition coefficient (Wildman–Crippen LogP) is 3.31. The SMILES string of the molecule is C=C1CC[C@H](C(=C)C)[C@H]2C=C(C)C(=O)C3=C(C(=O)[C@](C)(O)C3)[C@H]12. The minimum Gasteiger partial charge on any atom is -0.382 e. The molecule has 122 valence electrons. The molecule has 1 fully saturated rings. The van der Waals surface area contributed by atoms with Gasteiger partial charge in [-0.3, -0.25) is 9.59 Å². The van der Waals surface area contributed by atoms with Gasteiger partial charge < -0.3 is 5.11 Å². The van der Waals surface area contributed by atoms with Crippen LogP contribution in [0.4, 0.5) is 0 Å². The van der Waals surface area contributed by atoms with Crippen molar-refractivity contribution in [2.75, 3.05) is 0 Å². The number of Topliss-reactive ketones (excluding diaryl/α,β-unsaturated/α-hetero) is 2. The number of fused-ring (bicyclic) bond motifs is 2. The molecule has 0 radical (unpaired) electrons. The van der Waals surface area contributed by atoms with Gasteiger partial charge in [0.1, 0.15) is 5.60 Å². The molecule has 3 aliphatic carbocycles. The van der Waals surface area contributed by atoms with E-state index in [1.807, 2.05) is 13.0 Å². The minimum atomic E-state index is -1.47. The number of aliphatic hydroxyl groups is 1. The lowest BCUT2D eigenvalue weighted by molar-refractivity contribution is -0.130. The molecule has 0 bridgehead atoms. The van der Waals surface area contributed by atoms with E-state index in [1.165, 1.54) is 6.92 Å². The number of carbonyl (C=O) groups excluding carboxylic acids is 2. The van der Waals surface area contributed by atoms with Crippen LogP contribution >= 0.6 is 0 Å². The normalized spacial score (nSPS) is 37.3.